The van der Waals surface area contributed by atoms with E-state index < -0.39 is 127 Å². The van der Waals surface area contributed by atoms with Gasteiger partial charge in [0, 0.05) is 36.4 Å². The lowest BCUT2D eigenvalue weighted by Crippen LogP contribution is -2.61. The number of fused-ring (bicyclic) bond motifs is 1. The number of nitrogens with one attached hydrogen (secondary N) is 9. The standard InChI is InChI=1S/C55H75N11O13/c1-30(2)22-40(51(74)64-42(25-34-16-10-7-11-17-34)52(75)65-43(53(76)66-47(32(5)68)55(78)79)26-35-27-58-38-19-13-12-18-36(35)38)62-50(73)41(23-31(3)4)63-54(77)44(29-67)60-46(70)28-59-49(72)39(20-21-45(57)69)61-48(71)37(56)24-33-14-8-6-9-15-33/h6-19,27,30-32,37,39-44,47,58,67-68H,20-26,28-29,56H2,1-5H3,(H2,57,69)(H,59,72)(H,60,70)(H,61,71)(H,62,73)(H,63,77)(H,64,74)(H,65,75)(H,66,76)(H,78,79)/t32-,37+,39+,40+,41+,42+,43+,44+,47+/m1/s1. The Labute approximate surface area is 457 Å². The van der Waals surface area contributed by atoms with Crippen molar-refractivity contribution in [1.82, 2.24) is 47.5 Å². The van der Waals surface area contributed by atoms with E-state index in [1.807, 2.05) is 0 Å². The molecule has 4 aromatic rings. The molecule has 9 atom stereocenters. The van der Waals surface area contributed by atoms with Crippen molar-refractivity contribution in [2.45, 2.75) is 134 Å². The molecule has 0 radical (unpaired) electrons. The fourth-order valence-electron chi connectivity index (χ4n) is 8.45. The van der Waals surface area contributed by atoms with Crippen LogP contribution >= 0.6 is 0 Å². The second kappa shape index (κ2) is 31.2. The Morgan fingerprint density at radius 1 is 0.544 bits per heavy atom. The summed E-state index contributed by atoms with van der Waals surface area (Å²) in [5, 5.41) is 51.0. The molecule has 0 fully saturated rings. The van der Waals surface area contributed by atoms with Crippen molar-refractivity contribution in [1.29, 1.82) is 0 Å². The molecule has 3 aromatic carbocycles. The minimum absolute atomic E-state index is 0.0138. The second-order valence-corrected chi connectivity index (χ2v) is 20.2. The van der Waals surface area contributed by atoms with Gasteiger partial charge in [-0.05, 0) is 67.2 Å². The summed E-state index contributed by atoms with van der Waals surface area (Å²) in [6, 6.07) is 13.4. The van der Waals surface area contributed by atoms with Crippen molar-refractivity contribution < 1.29 is 63.3 Å². The molecule has 1 aromatic heterocycles. The van der Waals surface area contributed by atoms with E-state index in [1.165, 1.54) is 6.92 Å². The number of carboxylic acids is 1. The number of H-pyrrole nitrogens is 1. The molecule has 79 heavy (non-hydrogen) atoms. The number of carbonyl (C=O) groups excluding carboxylic acids is 9. The number of amides is 9. The molecule has 4 rings (SSSR count). The molecule has 16 N–H and O–H groups in total. The summed E-state index contributed by atoms with van der Waals surface area (Å²) in [7, 11) is 0. The minimum Gasteiger partial charge on any atom is -0.480 e. The van der Waals surface area contributed by atoms with Gasteiger partial charge in [0.2, 0.25) is 53.2 Å². The van der Waals surface area contributed by atoms with Gasteiger partial charge < -0.3 is 74.3 Å². The number of benzene rings is 3. The van der Waals surface area contributed by atoms with Gasteiger partial charge in [-0.1, -0.05) is 107 Å². The molecule has 0 bridgehead atoms. The van der Waals surface area contributed by atoms with Gasteiger partial charge in [-0.3, -0.25) is 43.2 Å². The van der Waals surface area contributed by atoms with Gasteiger partial charge in [0.25, 0.3) is 0 Å². The van der Waals surface area contributed by atoms with E-state index in [0.29, 0.717) is 11.1 Å². The molecule has 9 amide bonds. The molecular weight excluding hydrogens is 1020 g/mol. The maximum atomic E-state index is 14.5. The molecule has 428 valence electrons. The average Bonchev–Trinajstić information content (AvgIpc) is 3.83. The Bertz CT molecular complexity index is 2720. The van der Waals surface area contributed by atoms with Gasteiger partial charge in [-0.2, -0.15) is 0 Å². The number of aromatic nitrogens is 1. The van der Waals surface area contributed by atoms with Crippen molar-refractivity contribution in [3.05, 3.63) is 108 Å². The van der Waals surface area contributed by atoms with Crippen LogP contribution in [-0.2, 0) is 67.2 Å². The Morgan fingerprint density at radius 3 is 1.53 bits per heavy atom. The van der Waals surface area contributed by atoms with Crippen molar-refractivity contribution in [2.75, 3.05) is 13.2 Å². The van der Waals surface area contributed by atoms with Crippen LogP contribution in [0.5, 0.6) is 0 Å². The van der Waals surface area contributed by atoms with E-state index in [-0.39, 0.29) is 56.8 Å². The van der Waals surface area contributed by atoms with Gasteiger partial charge in [0.05, 0.1) is 25.3 Å². The van der Waals surface area contributed by atoms with Gasteiger partial charge in [-0.15, -0.1) is 0 Å². The summed E-state index contributed by atoms with van der Waals surface area (Å²) >= 11 is 0. The maximum absolute atomic E-state index is 14.5. The van der Waals surface area contributed by atoms with Crippen LogP contribution in [0.15, 0.2) is 91.1 Å². The third kappa shape index (κ3) is 20.9. The second-order valence-electron chi connectivity index (χ2n) is 20.2. The van der Waals surface area contributed by atoms with Crippen molar-refractivity contribution in [3.8, 4) is 0 Å². The average molecular weight is 1100 g/mol. The lowest BCUT2D eigenvalue weighted by atomic mass is 9.98. The number of aliphatic carboxylic acids is 1. The van der Waals surface area contributed by atoms with E-state index in [0.717, 1.165) is 16.5 Å². The number of hydrogen-bond acceptors (Lipinski definition) is 13. The van der Waals surface area contributed by atoms with Crippen molar-refractivity contribution >= 4 is 70.0 Å². The third-order valence-electron chi connectivity index (χ3n) is 12.6. The number of hydrogen-bond donors (Lipinski definition) is 14. The number of para-hydroxylation sites is 1. The van der Waals surface area contributed by atoms with Gasteiger partial charge in [-0.25, -0.2) is 4.79 Å². The SMILES string of the molecule is CC(C)C[C@H](NC(=O)[C@H](CO)NC(=O)CNC(=O)[C@H](CCC(N)=O)NC(=O)[C@@H](N)Cc1ccccc1)C(=O)N[C@@H](CC(C)C)C(=O)N[C@@H](Cc1ccccc1)C(=O)N[C@@H](Cc1c[nH]c2ccccc12)C(=O)N[C@H](C(=O)O)[C@@H](C)O. The smallest absolute Gasteiger partial charge is 0.328 e. The van der Waals surface area contributed by atoms with Crippen LogP contribution in [0.4, 0.5) is 0 Å². The van der Waals surface area contributed by atoms with Crippen molar-refractivity contribution in [3.63, 3.8) is 0 Å². The Balaban J connectivity index is 1.49. The monoisotopic (exact) mass is 1100 g/mol. The summed E-state index contributed by atoms with van der Waals surface area (Å²) in [4.78, 5) is 137. The van der Waals surface area contributed by atoms with Crippen LogP contribution in [0.25, 0.3) is 10.9 Å². The zero-order valence-electron chi connectivity index (χ0n) is 45.0. The molecule has 0 spiro atoms. The van der Waals surface area contributed by atoms with E-state index in [2.05, 4.69) is 47.5 Å². The lowest BCUT2D eigenvalue weighted by molar-refractivity contribution is -0.145. The molecule has 0 aliphatic heterocycles. The first-order valence-electron chi connectivity index (χ1n) is 26.0. The number of carboxylic acid groups (broad SMARTS) is 1. The number of aliphatic hydroxyl groups excluding tert-OH is 2. The number of nitrogens with two attached hydrogens (primary N) is 2. The number of rotatable bonds is 32. The van der Waals surface area contributed by atoms with E-state index in [1.54, 1.807) is 119 Å². The normalized spacial score (nSPS) is 14.7. The summed E-state index contributed by atoms with van der Waals surface area (Å²) in [5.74, 6) is -9.67. The predicted molar refractivity (Wildman–Crippen MR) is 291 cm³/mol. The molecule has 0 aliphatic rings. The lowest BCUT2D eigenvalue weighted by Gasteiger charge is -2.28. The van der Waals surface area contributed by atoms with E-state index in [4.69, 9.17) is 11.5 Å². The van der Waals surface area contributed by atoms with Gasteiger partial charge >= 0.3 is 5.97 Å². The van der Waals surface area contributed by atoms with E-state index >= 15 is 0 Å². The number of aliphatic hydroxyl groups is 2. The Kier molecular flexibility index (Phi) is 25.0. The highest BCUT2D eigenvalue weighted by atomic mass is 16.4. The van der Waals surface area contributed by atoms with Crippen LogP contribution in [0.2, 0.25) is 0 Å². The predicted octanol–water partition coefficient (Wildman–Crippen LogP) is -1.15. The van der Waals surface area contributed by atoms with Crippen LogP contribution in [0, 0.1) is 11.8 Å². The summed E-state index contributed by atoms with van der Waals surface area (Å²) in [6.45, 7) is 6.59. The fraction of sp³-hybridized carbons (Fsp3) is 0.455. The molecule has 24 nitrogen and oxygen atoms in total. The van der Waals surface area contributed by atoms with Gasteiger partial charge in [0.15, 0.2) is 6.04 Å². The zero-order chi connectivity index (χ0) is 58.3. The highest BCUT2D eigenvalue weighted by molar-refractivity contribution is 5.98. The molecule has 0 saturated carbocycles. The third-order valence-corrected chi connectivity index (χ3v) is 12.6. The Hall–Kier alpha value is -8.22. The summed E-state index contributed by atoms with van der Waals surface area (Å²) in [6.07, 6.45) is -0.447. The fourth-order valence-corrected chi connectivity index (χ4v) is 8.45. The molecule has 0 saturated heterocycles. The van der Waals surface area contributed by atoms with Crippen LogP contribution in [0.1, 0.15) is 77.0 Å². The first-order chi connectivity index (χ1) is 37.4. The van der Waals surface area contributed by atoms with Gasteiger partial charge in [0.1, 0.15) is 36.3 Å². The highest BCUT2D eigenvalue weighted by Gasteiger charge is 2.35. The largest absolute Gasteiger partial charge is 0.480 e. The first-order valence-corrected chi connectivity index (χ1v) is 26.0. The summed E-state index contributed by atoms with van der Waals surface area (Å²) < 4.78 is 0. The minimum atomic E-state index is -1.73. The molecule has 0 aliphatic carbocycles. The molecular formula is C55H75N11O13. The number of aromatic amines is 1. The van der Waals surface area contributed by atoms with Crippen molar-refractivity contribution in [2.24, 2.45) is 23.3 Å². The molecule has 24 heteroatoms. The van der Waals surface area contributed by atoms with Crippen LogP contribution in [-0.4, -0.2) is 147 Å². The van der Waals surface area contributed by atoms with E-state index in [9.17, 15) is 63.3 Å². The quantitative estimate of drug-likeness (QED) is 0.0275. The first kappa shape index (κ1) is 63.3. The molecule has 0 unspecified atom stereocenters. The maximum Gasteiger partial charge on any atom is 0.328 e. The number of primary amides is 1. The Morgan fingerprint density at radius 2 is 1.01 bits per heavy atom. The number of carbonyl (C=O) groups is 10. The highest BCUT2D eigenvalue weighted by Crippen LogP contribution is 2.20. The topological polar surface area (TPSA) is 395 Å². The van der Waals surface area contributed by atoms with Crippen LogP contribution < -0.4 is 54.0 Å². The summed E-state index contributed by atoms with van der Waals surface area (Å²) in [5.41, 5.74) is 14.1. The zero-order valence-corrected chi connectivity index (χ0v) is 45.0. The molecule has 1 heterocycles. The van der Waals surface area contributed by atoms with Crippen LogP contribution in [0.3, 0.4) is 0 Å².